The van der Waals surface area contributed by atoms with E-state index in [0.29, 0.717) is 17.9 Å². The van der Waals surface area contributed by atoms with Gasteiger partial charge in [-0.1, -0.05) is 0 Å². The maximum Gasteiger partial charge on any atom is 0.0547 e. The van der Waals surface area contributed by atoms with Gasteiger partial charge in [0.05, 0.1) is 6.61 Å². The van der Waals surface area contributed by atoms with Crippen molar-refractivity contribution in [2.45, 2.75) is 44.6 Å². The average Bonchev–Trinajstić information content (AvgIpc) is 3.18. The third-order valence-corrected chi connectivity index (χ3v) is 5.23. The molecule has 3 aliphatic rings. The van der Waals surface area contributed by atoms with Gasteiger partial charge in [-0.05, 0) is 51.0 Å². The number of aliphatic hydroxyl groups excluding tert-OH is 1. The molecule has 4 nitrogen and oxygen atoms in total. The Morgan fingerprint density at radius 3 is 2.90 bits per heavy atom. The van der Waals surface area contributed by atoms with Gasteiger partial charge in [0.15, 0.2) is 0 Å². The number of aliphatic hydroxyl groups is 1. The summed E-state index contributed by atoms with van der Waals surface area (Å²) in [7, 11) is 0. The predicted molar refractivity (Wildman–Crippen MR) is 79.8 cm³/mol. The van der Waals surface area contributed by atoms with Crippen LogP contribution in [0.3, 0.4) is 0 Å². The van der Waals surface area contributed by atoms with Crippen molar-refractivity contribution in [3.63, 3.8) is 0 Å². The molecule has 0 radical (unpaired) electrons. The monoisotopic (exact) mass is 282 g/mol. The second-order valence-corrected chi connectivity index (χ2v) is 7.21. The van der Waals surface area contributed by atoms with Crippen molar-refractivity contribution in [2.75, 3.05) is 46.0 Å². The number of hydrogen-bond donors (Lipinski definition) is 2. The van der Waals surface area contributed by atoms with Crippen LogP contribution < -0.4 is 5.32 Å². The van der Waals surface area contributed by atoms with Crippen LogP contribution in [0.15, 0.2) is 0 Å². The fraction of sp³-hybridized carbons (Fsp3) is 1.00. The van der Waals surface area contributed by atoms with E-state index in [1.807, 2.05) is 0 Å². The molecule has 2 unspecified atom stereocenters. The van der Waals surface area contributed by atoms with Gasteiger partial charge in [-0.15, -0.1) is 0 Å². The zero-order chi connectivity index (χ0) is 13.8. The molecule has 0 amide bonds. The molecule has 2 aliphatic heterocycles. The van der Waals surface area contributed by atoms with Crippen LogP contribution in [0.2, 0.25) is 0 Å². The van der Waals surface area contributed by atoms with Crippen molar-refractivity contribution >= 4 is 0 Å². The highest BCUT2D eigenvalue weighted by Crippen LogP contribution is 2.32. The van der Waals surface area contributed by atoms with Crippen molar-refractivity contribution in [3.8, 4) is 0 Å². The van der Waals surface area contributed by atoms with Crippen LogP contribution in [0.25, 0.3) is 0 Å². The Morgan fingerprint density at radius 2 is 2.20 bits per heavy atom. The molecule has 20 heavy (non-hydrogen) atoms. The van der Waals surface area contributed by atoms with Gasteiger partial charge in [0.1, 0.15) is 0 Å². The first-order valence-corrected chi connectivity index (χ1v) is 8.44. The van der Waals surface area contributed by atoms with Gasteiger partial charge in [-0.3, -0.25) is 0 Å². The Bertz CT molecular complexity index is 299. The summed E-state index contributed by atoms with van der Waals surface area (Å²) in [5, 5.41) is 12.9. The van der Waals surface area contributed by atoms with Gasteiger partial charge < -0.3 is 20.1 Å². The summed E-state index contributed by atoms with van der Waals surface area (Å²) in [6.45, 7) is 6.90. The third kappa shape index (κ3) is 3.94. The highest BCUT2D eigenvalue weighted by atomic mass is 16.5. The smallest absolute Gasteiger partial charge is 0.0547 e. The molecule has 0 spiro atoms. The van der Waals surface area contributed by atoms with E-state index in [2.05, 4.69) is 10.2 Å². The minimum absolute atomic E-state index is 0.337. The fourth-order valence-corrected chi connectivity index (χ4v) is 3.81. The molecular formula is C16H30N2O2. The minimum Gasteiger partial charge on any atom is -0.396 e. The maximum absolute atomic E-state index is 9.14. The van der Waals surface area contributed by atoms with E-state index >= 15 is 0 Å². The Labute approximate surface area is 122 Å². The molecule has 1 saturated carbocycles. The van der Waals surface area contributed by atoms with Crippen LogP contribution in [0.4, 0.5) is 0 Å². The van der Waals surface area contributed by atoms with Crippen molar-refractivity contribution in [2.24, 2.45) is 11.3 Å². The summed E-state index contributed by atoms with van der Waals surface area (Å²) >= 11 is 0. The summed E-state index contributed by atoms with van der Waals surface area (Å²) in [6.07, 6.45) is 7.48. The van der Waals surface area contributed by atoms with E-state index < -0.39 is 0 Å². The second-order valence-electron chi connectivity index (χ2n) is 7.21. The zero-order valence-electron chi connectivity index (χ0n) is 12.6. The molecule has 2 atom stereocenters. The lowest BCUT2D eigenvalue weighted by Gasteiger charge is -2.39. The average molecular weight is 282 g/mol. The first-order chi connectivity index (χ1) is 9.80. The lowest BCUT2D eigenvalue weighted by Crippen LogP contribution is -2.48. The Kier molecular flexibility index (Phi) is 4.97. The van der Waals surface area contributed by atoms with Gasteiger partial charge in [-0.25, -0.2) is 0 Å². The third-order valence-electron chi connectivity index (χ3n) is 5.23. The lowest BCUT2D eigenvalue weighted by atomic mass is 9.84. The first-order valence-electron chi connectivity index (χ1n) is 8.44. The van der Waals surface area contributed by atoms with Gasteiger partial charge in [0.25, 0.3) is 0 Å². The van der Waals surface area contributed by atoms with E-state index in [9.17, 15) is 0 Å². The fourth-order valence-electron chi connectivity index (χ4n) is 3.81. The van der Waals surface area contributed by atoms with Gasteiger partial charge in [-0.2, -0.15) is 0 Å². The van der Waals surface area contributed by atoms with Crippen LogP contribution in [0.1, 0.15) is 38.5 Å². The van der Waals surface area contributed by atoms with Crippen molar-refractivity contribution in [3.05, 3.63) is 0 Å². The van der Waals surface area contributed by atoms with Crippen LogP contribution >= 0.6 is 0 Å². The molecule has 0 aromatic rings. The number of nitrogens with zero attached hydrogens (tertiary/aromatic N) is 1. The normalized spacial score (nSPS) is 35.5. The van der Waals surface area contributed by atoms with Crippen LogP contribution in [0.5, 0.6) is 0 Å². The Hall–Kier alpha value is -0.160. The highest BCUT2D eigenvalue weighted by Gasteiger charge is 2.38. The molecule has 2 saturated heterocycles. The summed E-state index contributed by atoms with van der Waals surface area (Å²) in [5.74, 6) is 0.699. The summed E-state index contributed by atoms with van der Waals surface area (Å²) in [6, 6.07) is 0.788. The number of piperidine rings is 1. The number of likely N-dealkylation sites (tertiary alicyclic amines) is 1. The SMILES string of the molecule is OCCC1CCCN(CC2(CNC3CC3)CCOC2)C1. The van der Waals surface area contributed by atoms with Crippen LogP contribution in [-0.2, 0) is 4.74 Å². The number of nitrogens with one attached hydrogen (secondary N) is 1. The topological polar surface area (TPSA) is 44.7 Å². The summed E-state index contributed by atoms with van der Waals surface area (Å²) < 4.78 is 5.72. The number of rotatable bonds is 7. The Morgan fingerprint density at radius 1 is 1.30 bits per heavy atom. The molecule has 3 rings (SSSR count). The van der Waals surface area contributed by atoms with E-state index in [4.69, 9.17) is 9.84 Å². The standard InChI is InChI=1S/C16H30N2O2/c19-8-5-14-2-1-7-18(10-14)12-16(6-9-20-13-16)11-17-15-3-4-15/h14-15,17,19H,1-13H2. The molecule has 4 heteroatoms. The number of ether oxygens (including phenoxy) is 1. The molecule has 0 aromatic heterocycles. The van der Waals surface area contributed by atoms with Crippen molar-refractivity contribution in [1.29, 1.82) is 0 Å². The van der Waals surface area contributed by atoms with E-state index in [0.717, 1.165) is 32.2 Å². The first kappa shape index (κ1) is 14.8. The number of hydrogen-bond acceptors (Lipinski definition) is 4. The molecule has 116 valence electrons. The minimum atomic E-state index is 0.337. The molecule has 1 aliphatic carbocycles. The van der Waals surface area contributed by atoms with Crippen molar-refractivity contribution < 1.29 is 9.84 Å². The van der Waals surface area contributed by atoms with Gasteiger partial charge in [0.2, 0.25) is 0 Å². The van der Waals surface area contributed by atoms with Crippen molar-refractivity contribution in [1.82, 2.24) is 10.2 Å². The summed E-state index contributed by atoms with van der Waals surface area (Å²) in [4.78, 5) is 2.63. The van der Waals surface area contributed by atoms with E-state index in [1.165, 1.54) is 51.7 Å². The summed E-state index contributed by atoms with van der Waals surface area (Å²) in [5.41, 5.74) is 0.337. The molecule has 2 heterocycles. The zero-order valence-corrected chi connectivity index (χ0v) is 12.6. The second kappa shape index (κ2) is 6.73. The lowest BCUT2D eigenvalue weighted by molar-refractivity contribution is 0.0762. The molecule has 3 fully saturated rings. The molecular weight excluding hydrogens is 252 g/mol. The Balaban J connectivity index is 1.52. The molecule has 0 aromatic carbocycles. The maximum atomic E-state index is 9.14. The molecule has 2 N–H and O–H groups in total. The van der Waals surface area contributed by atoms with Gasteiger partial charge >= 0.3 is 0 Å². The molecule has 0 bridgehead atoms. The predicted octanol–water partition coefficient (Wildman–Crippen LogP) is 1.24. The highest BCUT2D eigenvalue weighted by molar-refractivity contribution is 4.92. The quantitative estimate of drug-likeness (QED) is 0.737. The largest absolute Gasteiger partial charge is 0.396 e. The van der Waals surface area contributed by atoms with E-state index in [-0.39, 0.29) is 0 Å². The van der Waals surface area contributed by atoms with E-state index in [1.54, 1.807) is 0 Å². The van der Waals surface area contributed by atoms with Crippen LogP contribution in [0, 0.1) is 11.3 Å². The van der Waals surface area contributed by atoms with Gasteiger partial charge in [0, 0.05) is 44.3 Å². The van der Waals surface area contributed by atoms with Crippen LogP contribution in [-0.4, -0.2) is 62.0 Å².